The molecule has 0 saturated carbocycles. The van der Waals surface area contributed by atoms with Gasteiger partial charge in [0.05, 0.1) is 28.1 Å². The molecule has 0 aliphatic rings. The van der Waals surface area contributed by atoms with E-state index < -0.39 is 38.4 Å². The minimum Gasteiger partial charge on any atom is -0.494 e. The van der Waals surface area contributed by atoms with Gasteiger partial charge in [-0.05, 0) is 86.3 Å². The largest absolute Gasteiger partial charge is 0.494 e. The Kier molecular flexibility index (Phi) is 9.27. The fourth-order valence-electron chi connectivity index (χ4n) is 3.57. The maximum absolute atomic E-state index is 13.6. The van der Waals surface area contributed by atoms with Crippen molar-refractivity contribution in [3.8, 4) is 5.75 Å². The highest BCUT2D eigenvalue weighted by atomic mass is 32.2. The predicted octanol–water partition coefficient (Wildman–Crippen LogP) is 4.28. The van der Waals surface area contributed by atoms with Crippen molar-refractivity contribution >= 4 is 43.2 Å². The molecule has 1 amide bonds. The number of rotatable bonds is 11. The lowest BCUT2D eigenvalue weighted by Gasteiger charge is -2.25. The molecule has 3 aromatic rings. The Morgan fingerprint density at radius 2 is 1.49 bits per heavy atom. The van der Waals surface area contributed by atoms with Gasteiger partial charge in [0, 0.05) is 11.2 Å². The smallest absolute Gasteiger partial charge is 0.264 e. The third kappa shape index (κ3) is 7.27. The van der Waals surface area contributed by atoms with E-state index in [1.54, 1.807) is 55.5 Å². The monoisotopic (exact) mass is 562 g/mol. The van der Waals surface area contributed by atoms with Crippen LogP contribution in [-0.4, -0.2) is 48.4 Å². The summed E-state index contributed by atoms with van der Waals surface area (Å²) in [4.78, 5) is 14.2. The first-order valence-corrected chi connectivity index (χ1v) is 16.0. The highest BCUT2D eigenvalue weighted by Gasteiger charge is 2.28. The van der Waals surface area contributed by atoms with E-state index in [0.717, 1.165) is 15.5 Å². The average Bonchev–Trinajstić information content (AvgIpc) is 2.87. The fraction of sp³-hybridized carbons (Fsp3) is 0.269. The van der Waals surface area contributed by atoms with Crippen molar-refractivity contribution in [1.29, 1.82) is 0 Å². The lowest BCUT2D eigenvalue weighted by atomic mass is 10.1. The van der Waals surface area contributed by atoms with Crippen LogP contribution in [0.5, 0.6) is 5.75 Å². The van der Waals surface area contributed by atoms with Crippen molar-refractivity contribution in [2.45, 2.75) is 34.6 Å². The summed E-state index contributed by atoms with van der Waals surface area (Å²) >= 11 is 1.50. The lowest BCUT2D eigenvalue weighted by molar-refractivity contribution is -0.120. The summed E-state index contributed by atoms with van der Waals surface area (Å²) in [7, 11) is -7.41. The van der Waals surface area contributed by atoms with Crippen molar-refractivity contribution in [3.05, 3.63) is 78.4 Å². The summed E-state index contributed by atoms with van der Waals surface area (Å²) in [5.74, 6) is 0.0708. The van der Waals surface area contributed by atoms with Crippen molar-refractivity contribution < 1.29 is 26.4 Å². The fourth-order valence-corrected chi connectivity index (χ4v) is 6.03. The number of carbonyl (C=O) groups is 1. The quantitative estimate of drug-likeness (QED) is 0.347. The number of benzene rings is 3. The number of thioether (sulfide) groups is 1. The molecule has 0 aliphatic heterocycles. The molecular formula is C26H30N2O6S3. The Hall–Kier alpha value is -3.02. The van der Waals surface area contributed by atoms with E-state index in [-0.39, 0.29) is 9.79 Å². The number of hydrogen-bond acceptors (Lipinski definition) is 7. The summed E-state index contributed by atoms with van der Waals surface area (Å²) in [5.41, 5.74) is 1.00. The van der Waals surface area contributed by atoms with Crippen LogP contribution in [0.25, 0.3) is 0 Å². The molecule has 37 heavy (non-hydrogen) atoms. The van der Waals surface area contributed by atoms with Gasteiger partial charge in [-0.25, -0.2) is 16.8 Å². The predicted molar refractivity (Wildman–Crippen MR) is 146 cm³/mol. The molecule has 0 radical (unpaired) electrons. The van der Waals surface area contributed by atoms with Crippen LogP contribution in [0.2, 0.25) is 0 Å². The van der Waals surface area contributed by atoms with Gasteiger partial charge in [-0.2, -0.15) is 0 Å². The molecule has 1 unspecified atom stereocenters. The van der Waals surface area contributed by atoms with Crippen LogP contribution in [0, 0.1) is 0 Å². The van der Waals surface area contributed by atoms with Gasteiger partial charge in [0.15, 0.2) is 9.84 Å². The molecule has 8 nitrogen and oxygen atoms in total. The Morgan fingerprint density at radius 3 is 2.00 bits per heavy atom. The molecule has 0 spiro atoms. The maximum Gasteiger partial charge on any atom is 0.264 e. The molecule has 11 heteroatoms. The molecule has 0 aromatic heterocycles. The van der Waals surface area contributed by atoms with Crippen LogP contribution in [0.1, 0.15) is 25.5 Å². The second kappa shape index (κ2) is 12.0. The topological polar surface area (TPSA) is 110 Å². The van der Waals surface area contributed by atoms with Gasteiger partial charge in [0.2, 0.25) is 5.91 Å². The number of amides is 1. The Morgan fingerprint density at radius 1 is 0.919 bits per heavy atom. The van der Waals surface area contributed by atoms with E-state index in [2.05, 4.69) is 5.32 Å². The highest BCUT2D eigenvalue weighted by molar-refractivity contribution is 7.98. The van der Waals surface area contributed by atoms with Crippen molar-refractivity contribution in [2.24, 2.45) is 0 Å². The SMILES string of the molecule is CCOc1ccc(N(CC(=O)NC(C)c2ccc(S(C)(=O)=O)cc2)S(=O)(=O)c2ccc(SC)cc2)cc1. The number of nitrogens with zero attached hydrogens (tertiary/aromatic N) is 1. The van der Waals surface area contributed by atoms with Gasteiger partial charge >= 0.3 is 0 Å². The Balaban J connectivity index is 1.87. The summed E-state index contributed by atoms with van der Waals surface area (Å²) < 4.78 is 57.2. The molecule has 0 bridgehead atoms. The van der Waals surface area contributed by atoms with Gasteiger partial charge < -0.3 is 10.1 Å². The lowest BCUT2D eigenvalue weighted by Crippen LogP contribution is -2.41. The molecular weight excluding hydrogens is 532 g/mol. The minimum atomic E-state index is -4.07. The van der Waals surface area contributed by atoms with Crippen molar-refractivity contribution in [1.82, 2.24) is 5.32 Å². The highest BCUT2D eigenvalue weighted by Crippen LogP contribution is 2.27. The van der Waals surface area contributed by atoms with Gasteiger partial charge in [-0.3, -0.25) is 9.10 Å². The van der Waals surface area contributed by atoms with E-state index in [1.807, 2.05) is 13.2 Å². The summed E-state index contributed by atoms with van der Waals surface area (Å²) in [5, 5.41) is 2.81. The number of anilines is 1. The Labute approximate surface area is 223 Å². The minimum absolute atomic E-state index is 0.0661. The average molecular weight is 563 g/mol. The zero-order chi connectivity index (χ0) is 27.2. The normalized spacial score (nSPS) is 12.5. The van der Waals surface area contributed by atoms with Gasteiger partial charge in [0.1, 0.15) is 12.3 Å². The van der Waals surface area contributed by atoms with E-state index in [4.69, 9.17) is 4.74 Å². The van der Waals surface area contributed by atoms with Gasteiger partial charge in [-0.15, -0.1) is 11.8 Å². The van der Waals surface area contributed by atoms with Crippen LogP contribution in [0.15, 0.2) is 87.5 Å². The van der Waals surface area contributed by atoms with Crippen LogP contribution in [-0.2, 0) is 24.7 Å². The van der Waals surface area contributed by atoms with E-state index in [9.17, 15) is 21.6 Å². The molecule has 3 rings (SSSR count). The van der Waals surface area contributed by atoms with Crippen molar-refractivity contribution in [3.63, 3.8) is 0 Å². The summed E-state index contributed by atoms with van der Waals surface area (Å²) in [6.07, 6.45) is 3.02. The van der Waals surface area contributed by atoms with Crippen LogP contribution >= 0.6 is 11.8 Å². The zero-order valence-electron chi connectivity index (χ0n) is 21.0. The third-order valence-electron chi connectivity index (χ3n) is 5.56. The first kappa shape index (κ1) is 28.5. The van der Waals surface area contributed by atoms with Crippen LogP contribution in [0.3, 0.4) is 0 Å². The third-order valence-corrected chi connectivity index (χ3v) is 9.22. The molecule has 0 aliphatic carbocycles. The molecule has 0 heterocycles. The standard InChI is InChI=1S/C26H30N2O6S3/c1-5-34-22-10-8-21(9-11-22)28(37(32,33)25-16-12-23(35-3)13-17-25)18-26(29)27-19(2)20-6-14-24(15-7-20)36(4,30)31/h6-17,19H,5,18H2,1-4H3,(H,27,29). The van der Waals surface area contributed by atoms with E-state index in [1.165, 1.54) is 36.0 Å². The maximum atomic E-state index is 13.6. The van der Waals surface area contributed by atoms with E-state index >= 15 is 0 Å². The second-order valence-electron chi connectivity index (χ2n) is 8.24. The number of sulfone groups is 1. The Bertz CT molecular complexity index is 1420. The van der Waals surface area contributed by atoms with Crippen LogP contribution in [0.4, 0.5) is 5.69 Å². The molecule has 0 fully saturated rings. The van der Waals surface area contributed by atoms with Gasteiger partial charge in [-0.1, -0.05) is 12.1 Å². The molecule has 198 valence electrons. The van der Waals surface area contributed by atoms with Crippen molar-refractivity contribution in [2.75, 3.05) is 30.0 Å². The summed E-state index contributed by atoms with van der Waals surface area (Å²) in [6, 6.07) is 18.7. The zero-order valence-corrected chi connectivity index (χ0v) is 23.5. The first-order valence-electron chi connectivity index (χ1n) is 11.4. The molecule has 1 N–H and O–H groups in total. The second-order valence-corrected chi connectivity index (χ2v) is 13.0. The number of hydrogen-bond donors (Lipinski definition) is 1. The first-order chi connectivity index (χ1) is 17.5. The molecule has 3 aromatic carbocycles. The van der Waals surface area contributed by atoms with Crippen LogP contribution < -0.4 is 14.4 Å². The van der Waals surface area contributed by atoms with Gasteiger partial charge in [0.25, 0.3) is 10.0 Å². The number of carbonyl (C=O) groups excluding carboxylic acids is 1. The van der Waals surface area contributed by atoms with E-state index in [0.29, 0.717) is 23.6 Å². The molecule has 1 atom stereocenters. The number of sulfonamides is 1. The number of nitrogens with one attached hydrogen (secondary N) is 1. The molecule has 0 saturated heterocycles. The number of ether oxygens (including phenoxy) is 1. The summed E-state index contributed by atoms with van der Waals surface area (Å²) in [6.45, 7) is 3.61.